The number of carboxylic acids is 1. The van der Waals surface area contributed by atoms with Gasteiger partial charge in [-0.3, -0.25) is 9.88 Å². The zero-order valence-electron chi connectivity index (χ0n) is 26.9. The van der Waals surface area contributed by atoms with E-state index in [1.165, 1.54) is 36.5 Å². The summed E-state index contributed by atoms with van der Waals surface area (Å²) in [7, 11) is 0. The van der Waals surface area contributed by atoms with Crippen LogP contribution in [0.2, 0.25) is 0 Å². The van der Waals surface area contributed by atoms with E-state index in [4.69, 9.17) is 9.72 Å². The summed E-state index contributed by atoms with van der Waals surface area (Å²) >= 11 is 0. The summed E-state index contributed by atoms with van der Waals surface area (Å²) in [6.07, 6.45) is 5.93. The minimum absolute atomic E-state index is 0.157. The van der Waals surface area contributed by atoms with E-state index in [2.05, 4.69) is 28.0 Å². The van der Waals surface area contributed by atoms with Gasteiger partial charge < -0.3 is 14.7 Å². The second-order valence-electron chi connectivity index (χ2n) is 14.2. The fourth-order valence-corrected chi connectivity index (χ4v) is 7.57. The van der Waals surface area contributed by atoms with Gasteiger partial charge in [0.1, 0.15) is 5.82 Å². The standard InChI is InChI=1S/C37H46FN3O3/c1-24-31(27-11-12-28-22-40(18-13-26(28)21-27)23-29-9-6-7-10-30(29)38)33(41-19-16-37(17-20-41)14-8-15-37)32(25(2)39-24)34(35(42)43)44-36(3,4)5/h6-7,9-12,21,34H,8,13-20,22-23H2,1-5H3,(H,42,43)/t34-/m0/s1. The number of nitrogens with zero attached hydrogens (tertiary/aromatic N) is 3. The van der Waals surface area contributed by atoms with Gasteiger partial charge in [-0.2, -0.15) is 0 Å². The average Bonchev–Trinajstić information content (AvgIpc) is 2.95. The SMILES string of the molecule is Cc1nc(C)c([C@H](OC(C)(C)C)C(=O)O)c(N2CCC3(CCC3)CC2)c1-c1ccc2c(c1)CCN(Cc1ccccc1F)C2. The molecule has 2 fully saturated rings. The summed E-state index contributed by atoms with van der Waals surface area (Å²) in [5.41, 5.74) is 8.41. The van der Waals surface area contributed by atoms with Crippen molar-refractivity contribution >= 4 is 11.7 Å². The smallest absolute Gasteiger partial charge is 0.337 e. The number of fused-ring (bicyclic) bond motifs is 1. The van der Waals surface area contributed by atoms with Crippen LogP contribution in [0, 0.1) is 25.1 Å². The predicted molar refractivity (Wildman–Crippen MR) is 172 cm³/mol. The Hall–Kier alpha value is -3.29. The Balaban J connectivity index is 1.40. The third kappa shape index (κ3) is 6.14. The molecule has 2 aromatic carbocycles. The lowest BCUT2D eigenvalue weighted by molar-refractivity contribution is -0.160. The maximum absolute atomic E-state index is 14.4. The number of benzene rings is 2. The summed E-state index contributed by atoms with van der Waals surface area (Å²) < 4.78 is 20.6. The van der Waals surface area contributed by atoms with E-state index in [1.807, 2.05) is 46.8 Å². The number of aliphatic carboxylic acids is 1. The van der Waals surface area contributed by atoms with Gasteiger partial charge in [0, 0.05) is 60.8 Å². The third-order valence-corrected chi connectivity index (χ3v) is 10.0. The Morgan fingerprint density at radius 1 is 1.02 bits per heavy atom. The van der Waals surface area contributed by atoms with Gasteiger partial charge in [-0.05, 0) is 94.9 Å². The Bertz CT molecular complexity index is 1550. The number of hydrogen-bond donors (Lipinski definition) is 1. The van der Waals surface area contributed by atoms with Gasteiger partial charge in [0.05, 0.1) is 11.3 Å². The number of piperidine rings is 1. The molecule has 7 heteroatoms. The van der Waals surface area contributed by atoms with Crippen LogP contribution >= 0.6 is 0 Å². The van der Waals surface area contributed by atoms with Gasteiger partial charge in [0.15, 0.2) is 6.10 Å². The number of carboxylic acid groups (broad SMARTS) is 1. The van der Waals surface area contributed by atoms with Crippen molar-refractivity contribution in [3.8, 4) is 11.1 Å². The van der Waals surface area contributed by atoms with Gasteiger partial charge >= 0.3 is 5.97 Å². The number of aromatic nitrogens is 1. The summed E-state index contributed by atoms with van der Waals surface area (Å²) in [5.74, 6) is -1.15. The molecule has 1 saturated heterocycles. The highest BCUT2D eigenvalue weighted by molar-refractivity contribution is 5.88. The Kier molecular flexibility index (Phi) is 8.31. The van der Waals surface area contributed by atoms with E-state index in [0.29, 0.717) is 23.2 Å². The van der Waals surface area contributed by atoms with Crippen molar-refractivity contribution in [2.75, 3.05) is 24.5 Å². The van der Waals surface area contributed by atoms with E-state index in [9.17, 15) is 14.3 Å². The third-order valence-electron chi connectivity index (χ3n) is 10.0. The molecular formula is C37H46FN3O3. The molecule has 0 amide bonds. The van der Waals surface area contributed by atoms with E-state index in [1.54, 1.807) is 6.07 Å². The summed E-state index contributed by atoms with van der Waals surface area (Å²) in [6, 6.07) is 13.6. The molecule has 2 aliphatic heterocycles. The van der Waals surface area contributed by atoms with Crippen molar-refractivity contribution in [3.05, 3.63) is 81.9 Å². The molecule has 0 radical (unpaired) electrons. The highest BCUT2D eigenvalue weighted by Crippen LogP contribution is 2.51. The minimum atomic E-state index is -1.12. The molecule has 3 heterocycles. The molecule has 1 atom stereocenters. The fourth-order valence-electron chi connectivity index (χ4n) is 7.57. The first kappa shape index (κ1) is 30.7. The number of halogens is 1. The van der Waals surface area contributed by atoms with E-state index in [0.717, 1.165) is 73.5 Å². The van der Waals surface area contributed by atoms with Crippen molar-refractivity contribution in [2.24, 2.45) is 5.41 Å². The Morgan fingerprint density at radius 2 is 1.75 bits per heavy atom. The highest BCUT2D eigenvalue weighted by Gasteiger charge is 2.42. The molecular weight excluding hydrogens is 553 g/mol. The maximum atomic E-state index is 14.4. The Morgan fingerprint density at radius 3 is 2.39 bits per heavy atom. The fraction of sp³-hybridized carbons (Fsp3) is 0.514. The van der Waals surface area contributed by atoms with Gasteiger partial charge in [-0.25, -0.2) is 9.18 Å². The number of anilines is 1. The van der Waals surface area contributed by atoms with Crippen LogP contribution in [0.15, 0.2) is 42.5 Å². The number of ether oxygens (including phenoxy) is 1. The van der Waals surface area contributed by atoms with Gasteiger partial charge in [-0.1, -0.05) is 42.8 Å². The molecule has 6 nitrogen and oxygen atoms in total. The molecule has 0 unspecified atom stereocenters. The number of aryl methyl sites for hydroxylation is 2. The van der Waals surface area contributed by atoms with Crippen molar-refractivity contribution < 1.29 is 19.0 Å². The second kappa shape index (κ2) is 11.9. The van der Waals surface area contributed by atoms with Crippen LogP contribution in [-0.2, 0) is 29.0 Å². The summed E-state index contributed by atoms with van der Waals surface area (Å²) in [6.45, 7) is 13.7. The first-order valence-corrected chi connectivity index (χ1v) is 16.2. The number of rotatable bonds is 7. The van der Waals surface area contributed by atoms with Crippen LogP contribution < -0.4 is 4.90 Å². The predicted octanol–water partition coefficient (Wildman–Crippen LogP) is 7.77. The topological polar surface area (TPSA) is 65.9 Å². The largest absolute Gasteiger partial charge is 0.479 e. The van der Waals surface area contributed by atoms with Gasteiger partial charge in [0.2, 0.25) is 0 Å². The molecule has 3 aliphatic rings. The van der Waals surface area contributed by atoms with Crippen LogP contribution in [0.25, 0.3) is 11.1 Å². The van der Waals surface area contributed by atoms with E-state index < -0.39 is 17.7 Å². The number of pyridine rings is 1. The maximum Gasteiger partial charge on any atom is 0.337 e. The Labute approximate surface area is 261 Å². The molecule has 6 rings (SSSR count). The molecule has 0 bridgehead atoms. The van der Waals surface area contributed by atoms with Crippen molar-refractivity contribution in [1.82, 2.24) is 9.88 Å². The summed E-state index contributed by atoms with van der Waals surface area (Å²) in [5, 5.41) is 10.5. The number of carbonyl (C=O) groups is 1. The number of hydrogen-bond acceptors (Lipinski definition) is 5. The monoisotopic (exact) mass is 599 g/mol. The lowest BCUT2D eigenvalue weighted by Gasteiger charge is -2.49. The molecule has 1 N–H and O–H groups in total. The van der Waals surface area contributed by atoms with Crippen LogP contribution in [-0.4, -0.2) is 46.2 Å². The second-order valence-corrected chi connectivity index (χ2v) is 14.2. The van der Waals surface area contributed by atoms with Crippen LogP contribution in [0.3, 0.4) is 0 Å². The first-order chi connectivity index (χ1) is 20.9. The van der Waals surface area contributed by atoms with E-state index in [-0.39, 0.29) is 5.82 Å². The minimum Gasteiger partial charge on any atom is -0.479 e. The van der Waals surface area contributed by atoms with Crippen molar-refractivity contribution in [2.45, 2.75) is 97.9 Å². The highest BCUT2D eigenvalue weighted by atomic mass is 19.1. The summed E-state index contributed by atoms with van der Waals surface area (Å²) in [4.78, 5) is 22.5. The zero-order chi connectivity index (χ0) is 31.2. The molecule has 1 spiro atoms. The van der Waals surface area contributed by atoms with Crippen LogP contribution in [0.1, 0.15) is 92.6 Å². The lowest BCUT2D eigenvalue weighted by Crippen LogP contribution is -2.44. The van der Waals surface area contributed by atoms with Gasteiger partial charge in [-0.15, -0.1) is 0 Å². The molecule has 44 heavy (non-hydrogen) atoms. The lowest BCUT2D eigenvalue weighted by atomic mass is 9.63. The first-order valence-electron chi connectivity index (χ1n) is 16.2. The van der Waals surface area contributed by atoms with Crippen molar-refractivity contribution in [1.29, 1.82) is 0 Å². The zero-order valence-corrected chi connectivity index (χ0v) is 26.9. The van der Waals surface area contributed by atoms with E-state index >= 15 is 0 Å². The molecule has 1 saturated carbocycles. The quantitative estimate of drug-likeness (QED) is 0.299. The molecule has 234 valence electrons. The molecule has 1 aliphatic carbocycles. The molecule has 1 aromatic heterocycles. The van der Waals surface area contributed by atoms with Crippen LogP contribution in [0.5, 0.6) is 0 Å². The normalized spacial score (nSPS) is 19.0. The van der Waals surface area contributed by atoms with Crippen LogP contribution in [0.4, 0.5) is 10.1 Å². The van der Waals surface area contributed by atoms with Gasteiger partial charge in [0.25, 0.3) is 0 Å². The average molecular weight is 600 g/mol. The molecule has 3 aromatic rings. The van der Waals surface area contributed by atoms with Crippen molar-refractivity contribution in [3.63, 3.8) is 0 Å².